The van der Waals surface area contributed by atoms with Crippen LogP contribution in [-0.2, 0) is 6.54 Å². The number of hydrogen-bond acceptors (Lipinski definition) is 3. The normalized spacial score (nSPS) is 11.4. The van der Waals surface area contributed by atoms with Crippen LogP contribution in [0.4, 0.5) is 5.95 Å². The van der Waals surface area contributed by atoms with Gasteiger partial charge in [0.25, 0.3) is 5.78 Å². The molecule has 2 N–H and O–H groups in total. The van der Waals surface area contributed by atoms with E-state index in [0.717, 1.165) is 26.1 Å². The Labute approximate surface area is 139 Å². The van der Waals surface area contributed by atoms with Crippen LogP contribution in [0.1, 0.15) is 5.56 Å². The zero-order chi connectivity index (χ0) is 15.1. The second-order valence-electron chi connectivity index (χ2n) is 4.90. The second kappa shape index (κ2) is 5.30. The lowest BCUT2D eigenvalue weighted by atomic mass is 10.2. The number of hydrogen-bond donors (Lipinski definition) is 2. The summed E-state index contributed by atoms with van der Waals surface area (Å²) in [5, 5.41) is 7.17. The molecule has 110 valence electrons. The number of nitrogens with zero attached hydrogens (tertiary/aromatic N) is 3. The standard InChI is InChI=1S/C15H11BrClN5/c16-10-5-6-13-12(7-10)19-15-20-14(21-22(13)15)18-8-9-3-1-2-4-11(9)17/h1-7H,8H2,(H2,18,19,20,21). The summed E-state index contributed by atoms with van der Waals surface area (Å²) in [6.45, 7) is 0.597. The lowest BCUT2D eigenvalue weighted by Crippen LogP contribution is -2.01. The Hall–Kier alpha value is -2.05. The number of anilines is 1. The van der Waals surface area contributed by atoms with Crippen LogP contribution < -0.4 is 5.32 Å². The smallest absolute Gasteiger partial charge is 0.253 e. The van der Waals surface area contributed by atoms with Crippen molar-refractivity contribution in [2.75, 3.05) is 5.32 Å². The van der Waals surface area contributed by atoms with E-state index in [1.165, 1.54) is 0 Å². The molecule has 2 aromatic carbocycles. The van der Waals surface area contributed by atoms with Crippen molar-refractivity contribution in [3.05, 3.63) is 57.5 Å². The molecule has 0 bridgehead atoms. The molecule has 0 aliphatic rings. The fraction of sp³-hybridized carbons (Fsp3) is 0.0667. The summed E-state index contributed by atoms with van der Waals surface area (Å²) in [4.78, 5) is 8.94. The number of halogens is 2. The van der Waals surface area contributed by atoms with Crippen molar-refractivity contribution >= 4 is 50.3 Å². The van der Waals surface area contributed by atoms with Crippen LogP contribution in [0.3, 0.4) is 0 Å². The molecule has 0 aliphatic carbocycles. The molecule has 5 nitrogen and oxygen atoms in total. The van der Waals surface area contributed by atoms with Gasteiger partial charge in [-0.3, -0.25) is 5.10 Å². The van der Waals surface area contributed by atoms with Crippen LogP contribution in [0.25, 0.3) is 16.8 Å². The first kappa shape index (κ1) is 13.6. The van der Waals surface area contributed by atoms with E-state index in [0.29, 0.717) is 18.3 Å². The Balaban J connectivity index is 1.64. The van der Waals surface area contributed by atoms with E-state index in [1.54, 1.807) is 0 Å². The quantitative estimate of drug-likeness (QED) is 0.562. The molecule has 0 aliphatic heterocycles. The Morgan fingerprint density at radius 2 is 2.05 bits per heavy atom. The molecule has 2 heterocycles. The van der Waals surface area contributed by atoms with Gasteiger partial charge in [-0.05, 0) is 29.8 Å². The van der Waals surface area contributed by atoms with Gasteiger partial charge in [0.1, 0.15) is 0 Å². The van der Waals surface area contributed by atoms with E-state index >= 15 is 0 Å². The number of fused-ring (bicyclic) bond motifs is 3. The SMILES string of the molecule is Clc1ccccc1CNc1nc2nc3cc(Br)ccc3n2[nH]1. The van der Waals surface area contributed by atoms with Crippen LogP contribution in [0, 0.1) is 0 Å². The molecule has 0 saturated carbocycles. The molecule has 0 unspecified atom stereocenters. The van der Waals surface area contributed by atoms with Crippen molar-refractivity contribution in [2.24, 2.45) is 0 Å². The van der Waals surface area contributed by atoms with Gasteiger partial charge >= 0.3 is 0 Å². The third-order valence-electron chi connectivity index (χ3n) is 3.43. The molecule has 0 fully saturated rings. The fourth-order valence-corrected chi connectivity index (χ4v) is 2.91. The summed E-state index contributed by atoms with van der Waals surface area (Å²) < 4.78 is 2.86. The molecule has 4 aromatic rings. The number of benzene rings is 2. The third kappa shape index (κ3) is 2.34. The van der Waals surface area contributed by atoms with Gasteiger partial charge in [-0.1, -0.05) is 45.7 Å². The molecular formula is C15H11BrClN5. The summed E-state index contributed by atoms with van der Waals surface area (Å²) in [6, 6.07) is 13.7. The van der Waals surface area contributed by atoms with Crippen LogP contribution in [-0.4, -0.2) is 19.6 Å². The maximum atomic E-state index is 6.15. The molecule has 22 heavy (non-hydrogen) atoms. The highest BCUT2D eigenvalue weighted by Gasteiger charge is 2.10. The fourth-order valence-electron chi connectivity index (χ4n) is 2.36. The largest absolute Gasteiger partial charge is 0.350 e. The zero-order valence-corrected chi connectivity index (χ0v) is 13.7. The number of imidazole rings is 1. The van der Waals surface area contributed by atoms with Crippen molar-refractivity contribution < 1.29 is 0 Å². The van der Waals surface area contributed by atoms with E-state index in [9.17, 15) is 0 Å². The molecular weight excluding hydrogens is 366 g/mol. The van der Waals surface area contributed by atoms with Gasteiger partial charge in [-0.2, -0.15) is 4.98 Å². The van der Waals surface area contributed by atoms with Crippen LogP contribution in [0.2, 0.25) is 5.02 Å². The predicted molar refractivity (Wildman–Crippen MR) is 91.3 cm³/mol. The zero-order valence-electron chi connectivity index (χ0n) is 11.3. The summed E-state index contributed by atoms with van der Waals surface area (Å²) in [5.74, 6) is 1.29. The maximum absolute atomic E-state index is 6.15. The summed E-state index contributed by atoms with van der Waals surface area (Å²) in [7, 11) is 0. The highest BCUT2D eigenvalue weighted by molar-refractivity contribution is 9.10. The monoisotopic (exact) mass is 375 g/mol. The molecule has 0 radical (unpaired) electrons. The molecule has 0 atom stereocenters. The highest BCUT2D eigenvalue weighted by atomic mass is 79.9. The molecule has 0 amide bonds. The first-order valence-electron chi connectivity index (χ1n) is 6.72. The van der Waals surface area contributed by atoms with Gasteiger partial charge in [0.2, 0.25) is 5.95 Å². The lowest BCUT2D eigenvalue weighted by molar-refractivity contribution is 0.987. The summed E-state index contributed by atoms with van der Waals surface area (Å²) in [5.41, 5.74) is 2.90. The molecule has 0 spiro atoms. The summed E-state index contributed by atoms with van der Waals surface area (Å²) >= 11 is 9.59. The van der Waals surface area contributed by atoms with E-state index in [4.69, 9.17) is 11.6 Å². The minimum Gasteiger partial charge on any atom is -0.350 e. The molecule has 0 saturated heterocycles. The maximum Gasteiger partial charge on any atom is 0.253 e. The Morgan fingerprint density at radius 3 is 2.91 bits per heavy atom. The average molecular weight is 377 g/mol. The van der Waals surface area contributed by atoms with Gasteiger partial charge in [-0.25, -0.2) is 9.50 Å². The Kier molecular flexibility index (Phi) is 3.28. The number of aromatic nitrogens is 4. The van der Waals surface area contributed by atoms with Crippen molar-refractivity contribution in [1.82, 2.24) is 19.6 Å². The molecule has 4 rings (SSSR count). The number of rotatable bonds is 3. The first-order valence-corrected chi connectivity index (χ1v) is 7.89. The van der Waals surface area contributed by atoms with Gasteiger partial charge in [0.05, 0.1) is 11.0 Å². The summed E-state index contributed by atoms with van der Waals surface area (Å²) in [6.07, 6.45) is 0. The highest BCUT2D eigenvalue weighted by Crippen LogP contribution is 2.21. The number of aromatic amines is 1. The third-order valence-corrected chi connectivity index (χ3v) is 4.29. The van der Waals surface area contributed by atoms with Crippen molar-refractivity contribution in [1.29, 1.82) is 0 Å². The first-order chi connectivity index (χ1) is 10.7. The van der Waals surface area contributed by atoms with E-state index in [-0.39, 0.29) is 0 Å². The van der Waals surface area contributed by atoms with Crippen LogP contribution >= 0.6 is 27.5 Å². The van der Waals surface area contributed by atoms with Crippen LogP contribution in [0.15, 0.2) is 46.9 Å². The van der Waals surface area contributed by atoms with Crippen LogP contribution in [0.5, 0.6) is 0 Å². The van der Waals surface area contributed by atoms with Gasteiger partial charge in [0.15, 0.2) is 0 Å². The van der Waals surface area contributed by atoms with E-state index in [2.05, 4.69) is 36.3 Å². The minimum absolute atomic E-state index is 0.597. The Morgan fingerprint density at radius 1 is 1.18 bits per heavy atom. The van der Waals surface area contributed by atoms with Crippen molar-refractivity contribution in [3.63, 3.8) is 0 Å². The molecule has 2 aromatic heterocycles. The van der Waals surface area contributed by atoms with Gasteiger partial charge < -0.3 is 5.32 Å². The van der Waals surface area contributed by atoms with Crippen molar-refractivity contribution in [3.8, 4) is 0 Å². The van der Waals surface area contributed by atoms with Gasteiger partial charge in [-0.15, -0.1) is 0 Å². The topological polar surface area (TPSA) is 58.0 Å². The van der Waals surface area contributed by atoms with E-state index < -0.39 is 0 Å². The average Bonchev–Trinajstić information content (AvgIpc) is 3.03. The minimum atomic E-state index is 0.597. The predicted octanol–water partition coefficient (Wildman–Crippen LogP) is 4.24. The van der Waals surface area contributed by atoms with Crippen molar-refractivity contribution in [2.45, 2.75) is 6.54 Å². The number of H-pyrrole nitrogens is 1. The lowest BCUT2D eigenvalue weighted by Gasteiger charge is -2.04. The van der Waals surface area contributed by atoms with Gasteiger partial charge in [0, 0.05) is 16.0 Å². The Bertz CT molecular complexity index is 975. The number of nitrogens with one attached hydrogen (secondary N) is 2. The second-order valence-corrected chi connectivity index (χ2v) is 6.22. The molecule has 7 heteroatoms. The van der Waals surface area contributed by atoms with E-state index in [1.807, 2.05) is 47.0 Å².